The van der Waals surface area contributed by atoms with Gasteiger partial charge in [0.2, 0.25) is 0 Å². The molecule has 5 nitrogen and oxygen atoms in total. The van der Waals surface area contributed by atoms with Gasteiger partial charge in [-0.25, -0.2) is 0 Å². The van der Waals surface area contributed by atoms with Crippen molar-refractivity contribution in [1.29, 1.82) is 0 Å². The van der Waals surface area contributed by atoms with Crippen molar-refractivity contribution in [2.75, 3.05) is 31.6 Å². The summed E-state index contributed by atoms with van der Waals surface area (Å²) in [5, 5.41) is 3.33. The first-order valence-corrected chi connectivity index (χ1v) is 7.86. The van der Waals surface area contributed by atoms with Crippen molar-refractivity contribution in [2.24, 2.45) is 0 Å². The minimum absolute atomic E-state index is 0.0696. The number of ether oxygens (including phenoxy) is 1. The number of nitrogens with one attached hydrogen (secondary N) is 1. The summed E-state index contributed by atoms with van der Waals surface area (Å²) in [6.45, 7) is 5.22. The van der Waals surface area contributed by atoms with Gasteiger partial charge in [-0.15, -0.1) is 0 Å². The number of hydrogen-bond donors (Lipinski definition) is 1. The second kappa shape index (κ2) is 7.24. The number of anilines is 1. The quantitative estimate of drug-likeness (QED) is 0.942. The Hall–Kier alpha value is -2.40. The van der Waals surface area contributed by atoms with Crippen LogP contribution in [-0.4, -0.2) is 42.1 Å². The maximum atomic E-state index is 12.4. The number of carbonyl (C=O) groups is 1. The topological polar surface area (TPSA) is 54.5 Å². The van der Waals surface area contributed by atoms with Crippen molar-refractivity contribution in [3.8, 4) is 0 Å². The lowest BCUT2D eigenvalue weighted by Gasteiger charge is -2.26. The lowest BCUT2D eigenvalue weighted by molar-refractivity contribution is 0.0303. The maximum Gasteiger partial charge on any atom is 0.254 e. The summed E-state index contributed by atoms with van der Waals surface area (Å²) in [6.07, 6.45) is 0. The molecule has 23 heavy (non-hydrogen) atoms. The number of aryl methyl sites for hydroxylation is 1. The summed E-state index contributed by atoms with van der Waals surface area (Å²) in [5.74, 6) is 0.0696. The second-order valence-corrected chi connectivity index (χ2v) is 5.61. The normalized spacial score (nSPS) is 14.6. The molecule has 0 atom stereocenters. The van der Waals surface area contributed by atoms with Crippen LogP contribution in [0.5, 0.6) is 0 Å². The van der Waals surface area contributed by atoms with E-state index in [0.717, 1.165) is 17.1 Å². The van der Waals surface area contributed by atoms with E-state index in [4.69, 9.17) is 4.74 Å². The van der Waals surface area contributed by atoms with Crippen LogP contribution in [0.2, 0.25) is 0 Å². The molecular weight excluding hydrogens is 290 g/mol. The van der Waals surface area contributed by atoms with Gasteiger partial charge in [-0.3, -0.25) is 9.78 Å². The molecule has 0 radical (unpaired) electrons. The van der Waals surface area contributed by atoms with Gasteiger partial charge in [-0.05, 0) is 43.3 Å². The molecule has 0 unspecified atom stereocenters. The molecule has 2 aromatic rings. The summed E-state index contributed by atoms with van der Waals surface area (Å²) in [5.41, 5.74) is 3.70. The Morgan fingerprint density at radius 3 is 2.61 bits per heavy atom. The standard InChI is InChI=1S/C18H21N3O2/c1-14-3-2-4-17(20-14)13-19-16-7-5-15(6-8-16)18(22)21-9-11-23-12-10-21/h2-8,19H,9-13H2,1H3. The Morgan fingerprint density at radius 1 is 1.17 bits per heavy atom. The lowest BCUT2D eigenvalue weighted by Crippen LogP contribution is -2.40. The highest BCUT2D eigenvalue weighted by Crippen LogP contribution is 2.13. The van der Waals surface area contributed by atoms with Crippen molar-refractivity contribution >= 4 is 11.6 Å². The zero-order chi connectivity index (χ0) is 16.1. The van der Waals surface area contributed by atoms with Crippen LogP contribution in [0, 0.1) is 6.92 Å². The number of hydrogen-bond acceptors (Lipinski definition) is 4. The molecule has 1 aromatic heterocycles. The number of rotatable bonds is 4. The Labute approximate surface area is 136 Å². The molecule has 0 saturated carbocycles. The average molecular weight is 311 g/mol. The van der Waals surface area contributed by atoms with Gasteiger partial charge in [0.1, 0.15) is 0 Å². The van der Waals surface area contributed by atoms with Crippen molar-refractivity contribution < 1.29 is 9.53 Å². The molecule has 2 heterocycles. The molecule has 5 heteroatoms. The van der Waals surface area contributed by atoms with Gasteiger partial charge in [-0.2, -0.15) is 0 Å². The largest absolute Gasteiger partial charge is 0.379 e. The molecule has 0 aliphatic carbocycles. The molecular formula is C18H21N3O2. The monoisotopic (exact) mass is 311 g/mol. The first-order chi connectivity index (χ1) is 11.2. The highest BCUT2D eigenvalue weighted by Gasteiger charge is 2.18. The van der Waals surface area contributed by atoms with Gasteiger partial charge < -0.3 is 15.0 Å². The van der Waals surface area contributed by atoms with Crippen LogP contribution in [0.3, 0.4) is 0 Å². The zero-order valence-electron chi connectivity index (χ0n) is 13.3. The third kappa shape index (κ3) is 4.07. The Bertz CT molecular complexity index is 664. The van der Waals surface area contributed by atoms with E-state index in [9.17, 15) is 4.79 Å². The molecule has 1 aliphatic heterocycles. The van der Waals surface area contributed by atoms with Crippen LogP contribution in [0.4, 0.5) is 5.69 Å². The van der Waals surface area contributed by atoms with E-state index >= 15 is 0 Å². The molecule has 3 rings (SSSR count). The number of pyridine rings is 1. The summed E-state index contributed by atoms with van der Waals surface area (Å²) in [6, 6.07) is 13.6. The number of amides is 1. The molecule has 1 saturated heterocycles. The fraction of sp³-hybridized carbons (Fsp3) is 0.333. The molecule has 1 amide bonds. The average Bonchev–Trinajstić information content (AvgIpc) is 2.61. The lowest BCUT2D eigenvalue weighted by atomic mass is 10.1. The van der Waals surface area contributed by atoms with Crippen LogP contribution in [0.15, 0.2) is 42.5 Å². The van der Waals surface area contributed by atoms with E-state index in [-0.39, 0.29) is 5.91 Å². The number of aromatic nitrogens is 1. The summed E-state index contributed by atoms with van der Waals surface area (Å²) in [4.78, 5) is 18.7. The number of carbonyl (C=O) groups excluding carboxylic acids is 1. The van der Waals surface area contributed by atoms with Crippen LogP contribution in [0.1, 0.15) is 21.7 Å². The summed E-state index contributed by atoms with van der Waals surface area (Å²) < 4.78 is 5.28. The number of morpholine rings is 1. The Morgan fingerprint density at radius 2 is 1.91 bits per heavy atom. The molecule has 1 N–H and O–H groups in total. The smallest absolute Gasteiger partial charge is 0.254 e. The van der Waals surface area contributed by atoms with Crippen molar-refractivity contribution in [2.45, 2.75) is 13.5 Å². The Kier molecular flexibility index (Phi) is 4.88. The van der Waals surface area contributed by atoms with Crippen molar-refractivity contribution in [3.05, 3.63) is 59.4 Å². The summed E-state index contributed by atoms with van der Waals surface area (Å²) >= 11 is 0. The van der Waals surface area contributed by atoms with E-state index in [1.54, 1.807) is 0 Å². The van der Waals surface area contributed by atoms with Gasteiger partial charge in [0, 0.05) is 30.0 Å². The predicted octanol–water partition coefficient (Wildman–Crippen LogP) is 2.47. The van der Waals surface area contributed by atoms with Gasteiger partial charge >= 0.3 is 0 Å². The van der Waals surface area contributed by atoms with Gasteiger partial charge in [0.15, 0.2) is 0 Å². The van der Waals surface area contributed by atoms with Crippen LogP contribution in [-0.2, 0) is 11.3 Å². The van der Waals surface area contributed by atoms with Crippen molar-refractivity contribution in [3.63, 3.8) is 0 Å². The minimum atomic E-state index is 0.0696. The van der Waals surface area contributed by atoms with E-state index in [2.05, 4.69) is 10.3 Å². The minimum Gasteiger partial charge on any atom is -0.379 e. The fourth-order valence-electron chi connectivity index (χ4n) is 2.57. The van der Waals surface area contributed by atoms with Crippen molar-refractivity contribution in [1.82, 2.24) is 9.88 Å². The Balaban J connectivity index is 1.59. The first-order valence-electron chi connectivity index (χ1n) is 7.86. The molecule has 120 valence electrons. The van der Waals surface area contributed by atoms with Gasteiger partial charge in [0.05, 0.1) is 25.5 Å². The van der Waals surface area contributed by atoms with Crippen LogP contribution < -0.4 is 5.32 Å². The van der Waals surface area contributed by atoms with E-state index in [0.29, 0.717) is 38.4 Å². The second-order valence-electron chi connectivity index (χ2n) is 5.61. The third-order valence-electron chi connectivity index (χ3n) is 3.85. The molecule has 1 fully saturated rings. The van der Waals surface area contributed by atoms with Crippen LogP contribution in [0.25, 0.3) is 0 Å². The molecule has 1 aliphatic rings. The van der Waals surface area contributed by atoms with Crippen LogP contribution >= 0.6 is 0 Å². The number of nitrogens with zero attached hydrogens (tertiary/aromatic N) is 2. The fourth-order valence-corrected chi connectivity index (χ4v) is 2.57. The van der Waals surface area contributed by atoms with E-state index in [1.165, 1.54) is 0 Å². The first kappa shape index (κ1) is 15.5. The van der Waals surface area contributed by atoms with E-state index < -0.39 is 0 Å². The number of benzene rings is 1. The summed E-state index contributed by atoms with van der Waals surface area (Å²) in [7, 11) is 0. The van der Waals surface area contributed by atoms with Gasteiger partial charge in [0.25, 0.3) is 5.91 Å². The molecule has 1 aromatic carbocycles. The predicted molar refractivity (Wildman–Crippen MR) is 89.5 cm³/mol. The third-order valence-corrected chi connectivity index (χ3v) is 3.85. The molecule has 0 bridgehead atoms. The highest BCUT2D eigenvalue weighted by atomic mass is 16.5. The highest BCUT2D eigenvalue weighted by molar-refractivity contribution is 5.94. The maximum absolute atomic E-state index is 12.4. The zero-order valence-corrected chi connectivity index (χ0v) is 13.3. The SMILES string of the molecule is Cc1cccc(CNc2ccc(C(=O)N3CCOCC3)cc2)n1. The molecule has 0 spiro atoms. The van der Waals surface area contributed by atoms with E-state index in [1.807, 2.05) is 54.3 Å². The van der Waals surface area contributed by atoms with Gasteiger partial charge in [-0.1, -0.05) is 6.07 Å².